The molecule has 0 aliphatic heterocycles. The van der Waals surface area contributed by atoms with Gasteiger partial charge >= 0.3 is 6.18 Å². The zero-order valence-electron chi connectivity index (χ0n) is 16.3. The molecule has 156 valence electrons. The minimum atomic E-state index is -4.45. The topological polar surface area (TPSA) is 67.5 Å². The van der Waals surface area contributed by atoms with E-state index in [0.29, 0.717) is 16.8 Å². The number of aromatic nitrogens is 1. The van der Waals surface area contributed by atoms with Crippen molar-refractivity contribution in [2.75, 3.05) is 5.32 Å². The van der Waals surface area contributed by atoms with Crippen molar-refractivity contribution in [3.8, 4) is 0 Å². The van der Waals surface area contributed by atoms with Gasteiger partial charge in [0.1, 0.15) is 17.0 Å². The second-order valence-electron chi connectivity index (χ2n) is 6.78. The molecule has 0 saturated carbocycles. The van der Waals surface area contributed by atoms with Gasteiger partial charge in [0.2, 0.25) is 5.55 Å². The third-order valence-corrected chi connectivity index (χ3v) is 4.46. The molecule has 4 aromatic rings. The van der Waals surface area contributed by atoms with Crippen LogP contribution in [-0.2, 0) is 6.18 Å². The number of pyridine rings is 1. The smallest absolute Gasteiger partial charge is 0.416 e. The first-order chi connectivity index (χ1) is 14.8. The quantitative estimate of drug-likeness (QED) is 0.464. The highest BCUT2D eigenvalue weighted by Gasteiger charge is 2.29. The fourth-order valence-electron chi connectivity index (χ4n) is 2.95. The van der Waals surface area contributed by atoms with Gasteiger partial charge in [-0.15, -0.1) is 0 Å². The van der Waals surface area contributed by atoms with Crippen LogP contribution in [0.5, 0.6) is 0 Å². The summed E-state index contributed by atoms with van der Waals surface area (Å²) in [5, 5.41) is 3.38. The third-order valence-electron chi connectivity index (χ3n) is 4.46. The molecule has 2 heterocycles. The Hall–Kier alpha value is -3.94. The number of nitrogens with zero attached hydrogens (tertiary/aromatic N) is 2. The first-order valence-electron chi connectivity index (χ1n) is 9.29. The van der Waals surface area contributed by atoms with Crippen LogP contribution in [0.3, 0.4) is 0 Å². The molecule has 0 radical (unpaired) electrons. The minimum absolute atomic E-state index is 0.0244. The molecule has 2 aromatic heterocycles. The summed E-state index contributed by atoms with van der Waals surface area (Å²) in [5.41, 5.74) is 0.750. The van der Waals surface area contributed by atoms with Crippen LogP contribution in [-0.4, -0.2) is 10.9 Å². The van der Waals surface area contributed by atoms with Crippen LogP contribution in [0, 0.1) is 6.92 Å². The number of rotatable bonds is 3. The van der Waals surface area contributed by atoms with E-state index in [9.17, 15) is 18.0 Å². The van der Waals surface area contributed by atoms with Crippen LogP contribution in [0.4, 0.5) is 24.7 Å². The molecule has 0 atom stereocenters. The number of benzene rings is 2. The molecular formula is C23H16F3N3O2. The van der Waals surface area contributed by atoms with E-state index in [1.54, 1.807) is 55.5 Å². The first kappa shape index (κ1) is 20.3. The molecule has 0 fully saturated rings. The molecular weight excluding hydrogens is 407 g/mol. The molecule has 31 heavy (non-hydrogen) atoms. The summed E-state index contributed by atoms with van der Waals surface area (Å²) in [6.07, 6.45) is -4.45. The van der Waals surface area contributed by atoms with Crippen LogP contribution in [0.1, 0.15) is 21.6 Å². The van der Waals surface area contributed by atoms with Gasteiger partial charge in [-0.25, -0.2) is 9.98 Å². The Bertz CT molecular complexity index is 1330. The summed E-state index contributed by atoms with van der Waals surface area (Å²) in [7, 11) is 0. The summed E-state index contributed by atoms with van der Waals surface area (Å²) in [4.78, 5) is 21.5. The van der Waals surface area contributed by atoms with Crippen molar-refractivity contribution in [2.24, 2.45) is 4.99 Å². The zero-order valence-corrected chi connectivity index (χ0v) is 16.3. The van der Waals surface area contributed by atoms with E-state index in [0.717, 1.165) is 17.8 Å². The molecule has 0 spiro atoms. The number of carbonyl (C=O) groups excluding carboxylic acids is 1. The number of fused-ring (bicyclic) bond motifs is 1. The van der Waals surface area contributed by atoms with E-state index in [-0.39, 0.29) is 16.8 Å². The van der Waals surface area contributed by atoms with E-state index in [2.05, 4.69) is 15.3 Å². The molecule has 1 amide bonds. The number of hydrogen-bond donors (Lipinski definition) is 1. The van der Waals surface area contributed by atoms with Gasteiger partial charge in [0.15, 0.2) is 0 Å². The Morgan fingerprint density at radius 2 is 1.74 bits per heavy atom. The second kappa shape index (κ2) is 8.06. The van der Waals surface area contributed by atoms with E-state index in [4.69, 9.17) is 4.42 Å². The van der Waals surface area contributed by atoms with E-state index in [1.165, 1.54) is 12.1 Å². The fourth-order valence-corrected chi connectivity index (χ4v) is 2.95. The normalized spacial score (nSPS) is 12.2. The van der Waals surface area contributed by atoms with Crippen molar-refractivity contribution in [3.05, 3.63) is 95.2 Å². The Morgan fingerprint density at radius 3 is 2.45 bits per heavy atom. The predicted molar refractivity (Wildman–Crippen MR) is 110 cm³/mol. The van der Waals surface area contributed by atoms with Gasteiger partial charge in [-0.3, -0.25) is 4.79 Å². The van der Waals surface area contributed by atoms with E-state index >= 15 is 0 Å². The Labute approximate surface area is 174 Å². The SMILES string of the molecule is Cc1cccc(NC(=O)c2cc3ccccc3oc2=Nc2ccc(C(F)(F)F)cc2)n1. The number of carbonyl (C=O) groups is 1. The van der Waals surface area contributed by atoms with Crippen molar-refractivity contribution in [1.29, 1.82) is 0 Å². The second-order valence-corrected chi connectivity index (χ2v) is 6.78. The highest BCUT2D eigenvalue weighted by atomic mass is 19.4. The minimum Gasteiger partial charge on any atom is -0.438 e. The first-order valence-corrected chi connectivity index (χ1v) is 9.29. The summed E-state index contributed by atoms with van der Waals surface area (Å²) in [6, 6.07) is 18.2. The number of alkyl halides is 3. The van der Waals surface area contributed by atoms with E-state index in [1.807, 2.05) is 0 Å². The third kappa shape index (κ3) is 4.63. The van der Waals surface area contributed by atoms with Gasteiger partial charge in [-0.2, -0.15) is 13.2 Å². The van der Waals surface area contributed by atoms with Crippen molar-refractivity contribution in [1.82, 2.24) is 4.98 Å². The summed E-state index contributed by atoms with van der Waals surface area (Å²) in [5.74, 6) is -0.142. The number of nitrogens with one attached hydrogen (secondary N) is 1. The molecule has 0 aliphatic carbocycles. The molecule has 1 N–H and O–H groups in total. The monoisotopic (exact) mass is 423 g/mol. The van der Waals surface area contributed by atoms with E-state index < -0.39 is 17.6 Å². The van der Waals surface area contributed by atoms with Crippen molar-refractivity contribution in [2.45, 2.75) is 13.1 Å². The molecule has 0 aliphatic rings. The number of amides is 1. The van der Waals surface area contributed by atoms with Crippen LogP contribution >= 0.6 is 0 Å². The zero-order chi connectivity index (χ0) is 22.0. The van der Waals surface area contributed by atoms with Crippen molar-refractivity contribution >= 4 is 28.4 Å². The highest BCUT2D eigenvalue weighted by Crippen LogP contribution is 2.30. The molecule has 0 bridgehead atoms. The predicted octanol–water partition coefficient (Wildman–Crippen LogP) is 5.64. The molecule has 8 heteroatoms. The average Bonchev–Trinajstić information content (AvgIpc) is 2.73. The largest absolute Gasteiger partial charge is 0.438 e. The highest BCUT2D eigenvalue weighted by molar-refractivity contribution is 6.04. The van der Waals surface area contributed by atoms with Crippen LogP contribution in [0.2, 0.25) is 0 Å². The fraction of sp³-hybridized carbons (Fsp3) is 0.0870. The average molecular weight is 423 g/mol. The maximum absolute atomic E-state index is 12.9. The van der Waals surface area contributed by atoms with Crippen LogP contribution in [0.25, 0.3) is 11.0 Å². The Kier molecular flexibility index (Phi) is 5.29. The standard InChI is InChI=1S/C23H16F3N3O2/c1-14-5-4-8-20(27-14)29-21(30)18-13-15-6-2-3-7-19(15)31-22(18)28-17-11-9-16(10-12-17)23(24,25)26/h2-13H,1H3,(H,27,29,30). The molecule has 4 rings (SSSR count). The molecule has 5 nitrogen and oxygen atoms in total. The number of para-hydroxylation sites is 1. The number of aryl methyl sites for hydroxylation is 1. The van der Waals surface area contributed by atoms with Gasteiger partial charge < -0.3 is 9.73 Å². The molecule has 2 aromatic carbocycles. The van der Waals surface area contributed by atoms with Gasteiger partial charge in [0.05, 0.1) is 11.3 Å². The van der Waals surface area contributed by atoms with Gasteiger partial charge in [0, 0.05) is 11.1 Å². The maximum atomic E-state index is 12.9. The van der Waals surface area contributed by atoms with Gasteiger partial charge in [-0.05, 0) is 55.5 Å². The lowest BCUT2D eigenvalue weighted by Crippen LogP contribution is -2.22. The lowest BCUT2D eigenvalue weighted by molar-refractivity contribution is -0.137. The Balaban J connectivity index is 1.79. The number of hydrogen-bond acceptors (Lipinski definition) is 4. The van der Waals surface area contributed by atoms with Crippen molar-refractivity contribution in [3.63, 3.8) is 0 Å². The summed E-state index contributed by atoms with van der Waals surface area (Å²) in [6.45, 7) is 1.80. The molecule has 0 unspecified atom stereocenters. The summed E-state index contributed by atoms with van der Waals surface area (Å²) < 4.78 is 44.3. The summed E-state index contributed by atoms with van der Waals surface area (Å²) >= 11 is 0. The molecule has 0 saturated heterocycles. The van der Waals surface area contributed by atoms with Gasteiger partial charge in [-0.1, -0.05) is 24.3 Å². The Morgan fingerprint density at radius 1 is 1.00 bits per heavy atom. The maximum Gasteiger partial charge on any atom is 0.416 e. The van der Waals surface area contributed by atoms with Gasteiger partial charge in [0.25, 0.3) is 5.91 Å². The number of anilines is 1. The van der Waals surface area contributed by atoms with Crippen LogP contribution < -0.4 is 10.9 Å². The van der Waals surface area contributed by atoms with Crippen molar-refractivity contribution < 1.29 is 22.4 Å². The lowest BCUT2D eigenvalue weighted by atomic mass is 10.1. The number of halogens is 3. The van der Waals surface area contributed by atoms with Crippen LogP contribution in [0.15, 0.2) is 82.2 Å². The lowest BCUT2D eigenvalue weighted by Gasteiger charge is -2.08.